The zero-order valence-corrected chi connectivity index (χ0v) is 8.14. The number of nitrogens with two attached hydrogens (primary N) is 1. The molecule has 1 rings (SSSR count). The van der Waals surface area contributed by atoms with Crippen molar-refractivity contribution < 1.29 is 9.53 Å². The molecular formula is C8H14N4O2. The van der Waals surface area contributed by atoms with E-state index in [-0.39, 0.29) is 5.97 Å². The summed E-state index contributed by atoms with van der Waals surface area (Å²) in [5, 5.41) is 7.83. The van der Waals surface area contributed by atoms with Gasteiger partial charge in [-0.3, -0.25) is 4.79 Å². The molecule has 1 aromatic rings. The van der Waals surface area contributed by atoms with Crippen molar-refractivity contribution >= 4 is 11.8 Å². The van der Waals surface area contributed by atoms with Crippen molar-refractivity contribution in [2.75, 3.05) is 12.8 Å². The van der Waals surface area contributed by atoms with Crippen LogP contribution in [0, 0.1) is 0 Å². The first kappa shape index (κ1) is 10.5. The Morgan fingerprint density at radius 1 is 1.64 bits per heavy atom. The fourth-order valence-electron chi connectivity index (χ4n) is 1.04. The van der Waals surface area contributed by atoms with Crippen LogP contribution >= 0.6 is 0 Å². The van der Waals surface area contributed by atoms with Crippen molar-refractivity contribution in [3.63, 3.8) is 0 Å². The van der Waals surface area contributed by atoms with E-state index < -0.39 is 0 Å². The summed E-state index contributed by atoms with van der Waals surface area (Å²) in [6, 6.07) is 0. The molecule has 0 saturated heterocycles. The Morgan fingerprint density at radius 3 is 3.00 bits per heavy atom. The molecule has 0 aliphatic heterocycles. The average Bonchev–Trinajstić information content (AvgIpc) is 2.58. The summed E-state index contributed by atoms with van der Waals surface area (Å²) in [5.74, 6) is 0.232. The molecule has 0 radical (unpaired) electrons. The minimum atomic E-state index is -0.182. The van der Waals surface area contributed by atoms with Crippen LogP contribution < -0.4 is 5.73 Å². The molecule has 0 amide bonds. The minimum absolute atomic E-state index is 0.182. The fraction of sp³-hybridized carbons (Fsp3) is 0.625. The van der Waals surface area contributed by atoms with Crippen molar-refractivity contribution in [2.45, 2.75) is 25.8 Å². The van der Waals surface area contributed by atoms with Crippen molar-refractivity contribution in [1.82, 2.24) is 15.0 Å². The molecule has 6 nitrogen and oxygen atoms in total. The van der Waals surface area contributed by atoms with E-state index in [0.717, 1.165) is 12.8 Å². The lowest BCUT2D eigenvalue weighted by molar-refractivity contribution is -0.140. The molecule has 0 aromatic carbocycles. The van der Waals surface area contributed by atoms with E-state index in [9.17, 15) is 4.79 Å². The highest BCUT2D eigenvalue weighted by atomic mass is 16.5. The van der Waals surface area contributed by atoms with Gasteiger partial charge in [-0.2, -0.15) is 9.90 Å². The number of aromatic nitrogens is 3. The van der Waals surface area contributed by atoms with Crippen LogP contribution in [0.1, 0.15) is 19.3 Å². The third-order valence-electron chi connectivity index (χ3n) is 1.77. The molecule has 0 atom stereocenters. The van der Waals surface area contributed by atoms with E-state index in [1.807, 2.05) is 0 Å². The zero-order chi connectivity index (χ0) is 10.4. The summed E-state index contributed by atoms with van der Waals surface area (Å²) >= 11 is 0. The van der Waals surface area contributed by atoms with Crippen LogP contribution in [-0.2, 0) is 16.1 Å². The molecule has 0 fully saturated rings. The molecule has 0 spiro atoms. The molecule has 0 bridgehead atoms. The van der Waals surface area contributed by atoms with Gasteiger partial charge >= 0.3 is 5.97 Å². The lowest BCUT2D eigenvalue weighted by atomic mass is 10.2. The number of carbonyl (C=O) groups excluding carboxylic acids is 1. The third kappa shape index (κ3) is 3.42. The molecule has 1 heterocycles. The largest absolute Gasteiger partial charge is 0.469 e. The van der Waals surface area contributed by atoms with Crippen LogP contribution in [0.5, 0.6) is 0 Å². The molecular weight excluding hydrogens is 184 g/mol. The molecule has 2 N–H and O–H groups in total. The van der Waals surface area contributed by atoms with Gasteiger partial charge in [-0.1, -0.05) is 0 Å². The van der Waals surface area contributed by atoms with E-state index in [1.54, 1.807) is 0 Å². The van der Waals surface area contributed by atoms with Gasteiger partial charge in [0, 0.05) is 6.42 Å². The molecule has 0 aliphatic carbocycles. The van der Waals surface area contributed by atoms with E-state index in [1.165, 1.54) is 18.1 Å². The van der Waals surface area contributed by atoms with Gasteiger partial charge in [-0.15, -0.1) is 5.10 Å². The summed E-state index contributed by atoms with van der Waals surface area (Å²) < 4.78 is 4.51. The summed E-state index contributed by atoms with van der Waals surface area (Å²) in [6.45, 7) is 0.675. The van der Waals surface area contributed by atoms with Crippen LogP contribution in [0.25, 0.3) is 0 Å². The Hall–Kier alpha value is -1.59. The maximum absolute atomic E-state index is 10.7. The number of carbonyl (C=O) groups is 1. The van der Waals surface area contributed by atoms with Gasteiger partial charge in [0.25, 0.3) is 0 Å². The van der Waals surface area contributed by atoms with Crippen LogP contribution in [-0.4, -0.2) is 28.1 Å². The van der Waals surface area contributed by atoms with Crippen LogP contribution in [0.2, 0.25) is 0 Å². The lowest BCUT2D eigenvalue weighted by Crippen LogP contribution is -2.05. The Kier molecular flexibility index (Phi) is 3.90. The Balaban J connectivity index is 2.13. The van der Waals surface area contributed by atoms with Crippen LogP contribution in [0.4, 0.5) is 5.82 Å². The van der Waals surface area contributed by atoms with Crippen LogP contribution in [0.15, 0.2) is 6.20 Å². The topological polar surface area (TPSA) is 83.0 Å². The highest BCUT2D eigenvalue weighted by molar-refractivity contribution is 5.68. The predicted molar refractivity (Wildman–Crippen MR) is 50.3 cm³/mol. The second kappa shape index (κ2) is 5.21. The SMILES string of the molecule is COC(=O)CCCCn1ncc(N)n1. The van der Waals surface area contributed by atoms with Gasteiger partial charge in [0.1, 0.15) is 0 Å². The summed E-state index contributed by atoms with van der Waals surface area (Å²) in [6.07, 6.45) is 3.55. The van der Waals surface area contributed by atoms with Crippen molar-refractivity contribution in [1.29, 1.82) is 0 Å². The number of hydrogen-bond acceptors (Lipinski definition) is 5. The summed E-state index contributed by atoms with van der Waals surface area (Å²) in [4.78, 5) is 12.3. The molecule has 6 heteroatoms. The molecule has 78 valence electrons. The molecule has 1 aromatic heterocycles. The zero-order valence-electron chi connectivity index (χ0n) is 8.14. The second-order valence-electron chi connectivity index (χ2n) is 2.90. The van der Waals surface area contributed by atoms with Crippen molar-refractivity contribution in [2.24, 2.45) is 0 Å². The molecule has 0 aliphatic rings. The van der Waals surface area contributed by atoms with E-state index >= 15 is 0 Å². The average molecular weight is 198 g/mol. The number of aryl methyl sites for hydroxylation is 1. The van der Waals surface area contributed by atoms with Gasteiger partial charge in [0.05, 0.1) is 19.9 Å². The molecule has 0 saturated carbocycles. The number of nitrogen functional groups attached to an aromatic ring is 1. The minimum Gasteiger partial charge on any atom is -0.469 e. The molecule has 14 heavy (non-hydrogen) atoms. The number of unbranched alkanes of at least 4 members (excludes halogenated alkanes) is 1. The fourth-order valence-corrected chi connectivity index (χ4v) is 1.04. The number of methoxy groups -OCH3 is 1. The van der Waals surface area contributed by atoms with Gasteiger partial charge in [0.2, 0.25) is 0 Å². The lowest BCUT2D eigenvalue weighted by Gasteiger charge is -1.99. The van der Waals surface area contributed by atoms with Gasteiger partial charge in [-0.25, -0.2) is 0 Å². The first-order valence-electron chi connectivity index (χ1n) is 4.45. The highest BCUT2D eigenvalue weighted by Crippen LogP contribution is 2.00. The standard InChI is InChI=1S/C8H14N4O2/c1-14-8(13)4-2-3-5-12-10-6-7(9)11-12/h6H,2-5H2,1H3,(H2,9,11). The summed E-state index contributed by atoms with van der Waals surface area (Å²) in [5.41, 5.74) is 5.38. The Morgan fingerprint density at radius 2 is 2.43 bits per heavy atom. The number of rotatable bonds is 5. The second-order valence-corrected chi connectivity index (χ2v) is 2.90. The predicted octanol–water partition coefficient (Wildman–Crippen LogP) is 0.204. The number of nitrogens with zero attached hydrogens (tertiary/aromatic N) is 3. The van der Waals surface area contributed by atoms with Crippen molar-refractivity contribution in [3.8, 4) is 0 Å². The third-order valence-corrected chi connectivity index (χ3v) is 1.77. The van der Waals surface area contributed by atoms with E-state index in [4.69, 9.17) is 5.73 Å². The highest BCUT2D eigenvalue weighted by Gasteiger charge is 2.00. The Labute approximate surface area is 82.0 Å². The molecule has 0 unspecified atom stereocenters. The van der Waals surface area contributed by atoms with Crippen LogP contribution in [0.3, 0.4) is 0 Å². The van der Waals surface area contributed by atoms with E-state index in [2.05, 4.69) is 14.9 Å². The Bertz CT molecular complexity index is 297. The summed E-state index contributed by atoms with van der Waals surface area (Å²) in [7, 11) is 1.39. The number of ether oxygens (including phenoxy) is 1. The van der Waals surface area contributed by atoms with Crippen molar-refractivity contribution in [3.05, 3.63) is 6.20 Å². The van der Waals surface area contributed by atoms with Gasteiger partial charge in [0.15, 0.2) is 5.82 Å². The van der Waals surface area contributed by atoms with Gasteiger partial charge < -0.3 is 10.5 Å². The number of anilines is 1. The smallest absolute Gasteiger partial charge is 0.305 e. The normalized spacial score (nSPS) is 10.1. The first-order chi connectivity index (χ1) is 6.72. The number of hydrogen-bond donors (Lipinski definition) is 1. The quantitative estimate of drug-likeness (QED) is 0.540. The number of esters is 1. The maximum Gasteiger partial charge on any atom is 0.305 e. The first-order valence-corrected chi connectivity index (χ1v) is 4.45. The van der Waals surface area contributed by atoms with E-state index in [0.29, 0.717) is 18.8 Å². The maximum atomic E-state index is 10.7. The monoisotopic (exact) mass is 198 g/mol. The van der Waals surface area contributed by atoms with Gasteiger partial charge in [-0.05, 0) is 12.8 Å².